The Morgan fingerprint density at radius 2 is 0.876 bits per heavy atom. The molecular formula is C57H92O32. The molecule has 32 nitrogen and oxygen atoms in total. The third kappa shape index (κ3) is 12.4. The monoisotopic (exact) mass is 1290 g/mol. The highest BCUT2D eigenvalue weighted by atomic mass is 16.8. The van der Waals surface area contributed by atoms with Crippen LogP contribution >= 0.6 is 0 Å². The first-order chi connectivity index (χ1) is 42.1. The third-order valence-corrected chi connectivity index (χ3v) is 21.9. The van der Waals surface area contributed by atoms with Crippen LogP contribution in [0.3, 0.4) is 0 Å². The Bertz CT molecular complexity index is 2400. The summed E-state index contributed by atoms with van der Waals surface area (Å²) in [6.45, 7) is 3.73. The van der Waals surface area contributed by atoms with Gasteiger partial charge in [-0.1, -0.05) is 25.5 Å². The second-order valence-corrected chi connectivity index (χ2v) is 27.0. The van der Waals surface area contributed by atoms with Gasteiger partial charge >= 0.3 is 5.97 Å². The Balaban J connectivity index is 0.895. The summed E-state index contributed by atoms with van der Waals surface area (Å²) >= 11 is 0. The molecule has 0 aromatic rings. The van der Waals surface area contributed by atoms with Gasteiger partial charge in [0.15, 0.2) is 31.3 Å². The molecule has 6 aliphatic heterocycles. The molecule has 2 bridgehead atoms. The first-order valence-corrected chi connectivity index (χ1v) is 30.7. The van der Waals surface area contributed by atoms with E-state index in [9.17, 15) is 102 Å². The molecule has 32 heteroatoms. The van der Waals surface area contributed by atoms with Crippen LogP contribution < -0.4 is 0 Å². The molecule has 32 unspecified atom stereocenters. The zero-order chi connectivity index (χ0) is 64.7. The standard InChI is InChI=1S/C57H92O32/c1-20-11-57-10-5-28-54(2,7-4-8-55(28,3)53(78)89-52-47(40(73)33(66)25(16-61)84-52)88-50-43(76)38(71)32(65)24(15-60)83-50)29(57)6-9-56(20,19-57)12-21-45(86-49-42(75)37(70)31(64)23(14-59)82-49)46(35(68)26(17-62)80-21)87-51-44(77)39(72)34(67)27(85-51)18-79-48-41(74)36(69)30(63)22(13-58)81-48/h21-52,58-77H,1,4-19H2,2-3H3/t21?,22?,23?,24?,25?,26?,27?,28?,29-,30?,31?,32?,33?,34?,35?,36?,37?,38?,39?,40?,41?,42?,43?,44?,45?,46?,47?,48?,49?,50?,51?,52?,54+,55+,56?,57+/m0/s1. The number of fused-ring (bicyclic) bond motifs is 3. The lowest BCUT2D eigenvalue weighted by Gasteiger charge is -2.64. The van der Waals surface area contributed by atoms with Gasteiger partial charge in [-0.3, -0.25) is 4.79 Å². The fourth-order valence-electron chi connectivity index (χ4n) is 17.0. The molecule has 10 aliphatic rings. The van der Waals surface area contributed by atoms with Crippen molar-refractivity contribution in [2.45, 2.75) is 262 Å². The van der Waals surface area contributed by atoms with Crippen molar-refractivity contribution in [3.63, 3.8) is 0 Å². The molecule has 36 atom stereocenters. The number of aliphatic hydroxyl groups is 20. The number of esters is 1. The van der Waals surface area contributed by atoms with Crippen molar-refractivity contribution in [3.8, 4) is 0 Å². The molecule has 0 amide bonds. The van der Waals surface area contributed by atoms with E-state index in [0.717, 1.165) is 5.57 Å². The SMILES string of the molecule is C=C1C[C@@]23CCC4[C@](C)(C(=O)OC5OC(CO)C(O)C(O)C5OC5OC(CO)C(O)C(O)C5O)CCC[C@@]4(C)[C@@H]2CCC1(CC1OC(CO)C(O)C(OC2OC(COC4OC(CO)C(O)C(O)C4O)C(O)C(O)C2O)C1OC1OC(CO)C(O)C(O)C1O)C3. The summed E-state index contributed by atoms with van der Waals surface area (Å²) < 4.78 is 65.5. The summed E-state index contributed by atoms with van der Waals surface area (Å²) in [6.07, 6.45) is -48.3. The average molecular weight is 1290 g/mol. The highest BCUT2D eigenvalue weighted by Gasteiger charge is 2.69. The van der Waals surface area contributed by atoms with E-state index in [0.29, 0.717) is 57.8 Å². The van der Waals surface area contributed by atoms with E-state index in [1.54, 1.807) is 6.92 Å². The molecule has 512 valence electrons. The lowest BCUT2D eigenvalue weighted by molar-refractivity contribution is -0.375. The highest BCUT2D eigenvalue weighted by molar-refractivity contribution is 5.77. The number of ether oxygens (including phenoxy) is 11. The van der Waals surface area contributed by atoms with Crippen LogP contribution in [-0.4, -0.2) is 332 Å². The second-order valence-electron chi connectivity index (χ2n) is 27.0. The predicted octanol–water partition coefficient (Wildman–Crippen LogP) is -8.80. The van der Waals surface area contributed by atoms with Gasteiger partial charge in [0.2, 0.25) is 6.29 Å². The van der Waals surface area contributed by atoms with E-state index in [1.165, 1.54) is 0 Å². The maximum Gasteiger partial charge on any atom is 0.314 e. The van der Waals surface area contributed by atoms with Crippen molar-refractivity contribution >= 4 is 5.97 Å². The van der Waals surface area contributed by atoms with E-state index >= 15 is 4.79 Å². The summed E-state index contributed by atoms with van der Waals surface area (Å²) in [5, 5.41) is 215. The first kappa shape index (κ1) is 69.8. The Hall–Kier alpha value is -1.99. The molecule has 20 N–H and O–H groups in total. The minimum Gasteiger partial charge on any atom is -0.432 e. The molecule has 10 fully saturated rings. The topological polar surface area (TPSA) is 523 Å². The second kappa shape index (κ2) is 27.3. The molecule has 4 aliphatic carbocycles. The Labute approximate surface area is 511 Å². The third-order valence-electron chi connectivity index (χ3n) is 21.9. The minimum atomic E-state index is -2.09. The van der Waals surface area contributed by atoms with E-state index in [2.05, 4.69) is 13.5 Å². The smallest absolute Gasteiger partial charge is 0.314 e. The molecule has 0 aromatic heterocycles. The van der Waals surface area contributed by atoms with E-state index in [-0.39, 0.29) is 18.3 Å². The maximum atomic E-state index is 15.0. The quantitative estimate of drug-likeness (QED) is 0.0448. The van der Waals surface area contributed by atoms with Crippen LogP contribution in [0.4, 0.5) is 0 Å². The summed E-state index contributed by atoms with van der Waals surface area (Å²) in [7, 11) is 0. The molecule has 6 saturated heterocycles. The van der Waals surface area contributed by atoms with Crippen LogP contribution in [0.1, 0.15) is 78.1 Å². The van der Waals surface area contributed by atoms with Gasteiger partial charge in [-0.15, -0.1) is 0 Å². The van der Waals surface area contributed by atoms with Crippen LogP contribution in [0.25, 0.3) is 0 Å². The lowest BCUT2D eigenvalue weighted by atomic mass is 9.40. The number of rotatable bonds is 18. The number of carbonyl (C=O) groups is 1. The molecule has 0 radical (unpaired) electrons. The van der Waals surface area contributed by atoms with Gasteiger partial charge in [0.1, 0.15) is 140 Å². The van der Waals surface area contributed by atoms with Crippen molar-refractivity contribution in [1.82, 2.24) is 0 Å². The predicted molar refractivity (Wildman–Crippen MR) is 288 cm³/mol. The van der Waals surface area contributed by atoms with Crippen molar-refractivity contribution < 1.29 is 159 Å². The Morgan fingerprint density at radius 3 is 1.40 bits per heavy atom. The minimum absolute atomic E-state index is 0.0315. The zero-order valence-electron chi connectivity index (χ0n) is 49.3. The number of carbonyl (C=O) groups excluding carboxylic acids is 1. The number of hydrogen-bond acceptors (Lipinski definition) is 32. The van der Waals surface area contributed by atoms with Gasteiger partial charge in [-0.05, 0) is 92.8 Å². The molecule has 4 saturated carbocycles. The van der Waals surface area contributed by atoms with Crippen molar-refractivity contribution in [1.29, 1.82) is 0 Å². The van der Waals surface area contributed by atoms with E-state index < -0.39 is 251 Å². The van der Waals surface area contributed by atoms with Gasteiger partial charge < -0.3 is 154 Å². The number of aliphatic hydroxyl groups excluding tert-OH is 20. The molecule has 1 spiro atoms. The number of allylic oxidation sites excluding steroid dienone is 1. The molecule has 10 rings (SSSR count). The van der Waals surface area contributed by atoms with Gasteiger partial charge in [0.25, 0.3) is 0 Å². The largest absolute Gasteiger partial charge is 0.432 e. The zero-order valence-corrected chi connectivity index (χ0v) is 49.3. The number of hydrogen-bond donors (Lipinski definition) is 20. The van der Waals surface area contributed by atoms with Crippen LogP contribution in [0, 0.1) is 33.5 Å². The van der Waals surface area contributed by atoms with Gasteiger partial charge in [0, 0.05) is 0 Å². The van der Waals surface area contributed by atoms with E-state index in [1.807, 2.05) is 0 Å². The van der Waals surface area contributed by atoms with E-state index in [4.69, 9.17) is 52.1 Å². The van der Waals surface area contributed by atoms with Crippen LogP contribution in [0.5, 0.6) is 0 Å². The summed E-state index contributed by atoms with van der Waals surface area (Å²) in [5.41, 5.74) is -2.16. The van der Waals surface area contributed by atoms with Crippen LogP contribution in [0.15, 0.2) is 12.2 Å². The van der Waals surface area contributed by atoms with Gasteiger partial charge in [0.05, 0.1) is 51.2 Å². The van der Waals surface area contributed by atoms with Crippen molar-refractivity contribution in [3.05, 3.63) is 12.2 Å². The van der Waals surface area contributed by atoms with Crippen LogP contribution in [0.2, 0.25) is 0 Å². The lowest BCUT2D eigenvalue weighted by Crippen LogP contribution is -2.67. The summed E-state index contributed by atoms with van der Waals surface area (Å²) in [6, 6.07) is 0. The maximum absolute atomic E-state index is 15.0. The summed E-state index contributed by atoms with van der Waals surface area (Å²) in [4.78, 5) is 15.0. The Morgan fingerprint density at radius 1 is 0.449 bits per heavy atom. The fraction of sp³-hybridized carbons (Fsp3) is 0.947. The molecule has 89 heavy (non-hydrogen) atoms. The molecular weight excluding hydrogens is 1200 g/mol. The molecule has 0 aromatic carbocycles. The highest BCUT2D eigenvalue weighted by Crippen LogP contribution is 2.76. The fourth-order valence-corrected chi connectivity index (χ4v) is 17.0. The van der Waals surface area contributed by atoms with Crippen molar-refractivity contribution in [2.24, 2.45) is 33.5 Å². The van der Waals surface area contributed by atoms with Gasteiger partial charge in [-0.2, -0.15) is 0 Å². The Kier molecular flexibility index (Phi) is 21.4. The first-order valence-electron chi connectivity index (χ1n) is 30.7. The molecule has 6 heterocycles. The van der Waals surface area contributed by atoms with Crippen LogP contribution in [-0.2, 0) is 56.9 Å². The normalized spacial score (nSPS) is 54.5. The van der Waals surface area contributed by atoms with Gasteiger partial charge in [-0.25, -0.2) is 0 Å². The average Bonchev–Trinajstić information content (AvgIpc) is 1.62. The van der Waals surface area contributed by atoms with Crippen molar-refractivity contribution in [2.75, 3.05) is 39.6 Å². The summed E-state index contributed by atoms with van der Waals surface area (Å²) in [5.74, 6) is -1.12.